The number of anilines is 1. The van der Waals surface area contributed by atoms with Crippen LogP contribution in [0.2, 0.25) is 0 Å². The van der Waals surface area contributed by atoms with E-state index in [9.17, 15) is 17.4 Å². The third kappa shape index (κ3) is 5.35. The van der Waals surface area contributed by atoms with E-state index in [-0.39, 0.29) is 6.04 Å². The highest BCUT2D eigenvalue weighted by Crippen LogP contribution is 2.42. The van der Waals surface area contributed by atoms with Crippen molar-refractivity contribution in [2.75, 3.05) is 11.3 Å². The van der Waals surface area contributed by atoms with Crippen LogP contribution in [-0.4, -0.2) is 25.6 Å². The van der Waals surface area contributed by atoms with Gasteiger partial charge in [-0.25, -0.2) is 9.19 Å². The molecule has 7 nitrogen and oxygen atoms in total. The molecule has 0 saturated carbocycles. The zero-order chi connectivity index (χ0) is 26.2. The highest BCUT2D eigenvalue weighted by Gasteiger charge is 2.33. The Bertz CT molecular complexity index is 1420. The standard InChI is InChI=1S/C25H23F3N4O3S2/c1-15(2)32-20(7-9-30-32)19-13-16(25(26,27)28)3-6-21(19)35-22-8-11-34-23-14-17(4-5-18(22)23)37(33)31-24-29-10-12-36-24/h3-7,9-10,12-15,22H,8,11H2,1-2H3,(H,29,31). The molecule has 1 aliphatic rings. The van der Waals surface area contributed by atoms with Crippen molar-refractivity contribution in [1.29, 1.82) is 0 Å². The minimum absolute atomic E-state index is 0.0616. The van der Waals surface area contributed by atoms with E-state index in [0.29, 0.717) is 45.8 Å². The van der Waals surface area contributed by atoms with E-state index in [1.54, 1.807) is 46.7 Å². The van der Waals surface area contributed by atoms with Gasteiger partial charge in [0.05, 0.1) is 22.8 Å². The van der Waals surface area contributed by atoms with Gasteiger partial charge in [0.15, 0.2) is 16.1 Å². The van der Waals surface area contributed by atoms with Crippen LogP contribution in [0.3, 0.4) is 0 Å². The molecule has 0 radical (unpaired) electrons. The Morgan fingerprint density at radius 1 is 1.19 bits per heavy atom. The molecule has 0 amide bonds. The van der Waals surface area contributed by atoms with Gasteiger partial charge in [-0.1, -0.05) is 6.07 Å². The molecule has 12 heteroatoms. The Morgan fingerprint density at radius 2 is 2.03 bits per heavy atom. The van der Waals surface area contributed by atoms with E-state index in [1.807, 2.05) is 13.8 Å². The fraction of sp³-hybridized carbons (Fsp3) is 0.280. The molecule has 1 aliphatic heterocycles. The van der Waals surface area contributed by atoms with E-state index in [4.69, 9.17) is 9.47 Å². The van der Waals surface area contributed by atoms with Crippen LogP contribution in [0.15, 0.2) is 65.1 Å². The lowest BCUT2D eigenvalue weighted by molar-refractivity contribution is -0.137. The number of nitrogens with one attached hydrogen (secondary N) is 1. The first-order valence-electron chi connectivity index (χ1n) is 11.5. The summed E-state index contributed by atoms with van der Waals surface area (Å²) in [6.45, 7) is 4.15. The molecule has 3 heterocycles. The van der Waals surface area contributed by atoms with Crippen LogP contribution in [0, 0.1) is 0 Å². The molecule has 5 rings (SSSR count). The largest absolute Gasteiger partial charge is 0.493 e. The molecule has 194 valence electrons. The number of thiazole rings is 1. The van der Waals surface area contributed by atoms with Crippen molar-refractivity contribution in [2.45, 2.75) is 43.5 Å². The highest BCUT2D eigenvalue weighted by atomic mass is 32.2. The number of rotatable bonds is 7. The van der Waals surface area contributed by atoms with Crippen LogP contribution in [-0.2, 0) is 17.2 Å². The Hall–Kier alpha value is -3.38. The summed E-state index contributed by atoms with van der Waals surface area (Å²) in [5.74, 6) is 0.829. The van der Waals surface area contributed by atoms with Crippen LogP contribution in [0.25, 0.3) is 11.3 Å². The fourth-order valence-electron chi connectivity index (χ4n) is 4.09. The molecule has 37 heavy (non-hydrogen) atoms. The van der Waals surface area contributed by atoms with Gasteiger partial charge >= 0.3 is 6.18 Å². The molecule has 4 aromatic rings. The van der Waals surface area contributed by atoms with Crippen molar-refractivity contribution >= 4 is 27.5 Å². The molecule has 1 N–H and O–H groups in total. The molecule has 2 aromatic heterocycles. The number of nitrogens with zero attached hydrogens (tertiary/aromatic N) is 3. The summed E-state index contributed by atoms with van der Waals surface area (Å²) in [5.41, 5.74) is 0.796. The number of ether oxygens (including phenoxy) is 2. The number of fused-ring (bicyclic) bond motifs is 1. The molecule has 0 saturated heterocycles. The maximum absolute atomic E-state index is 13.6. The van der Waals surface area contributed by atoms with Gasteiger partial charge < -0.3 is 9.47 Å². The van der Waals surface area contributed by atoms with E-state index < -0.39 is 28.8 Å². The molecule has 0 fully saturated rings. The van der Waals surface area contributed by atoms with Gasteiger partial charge in [-0.05, 0) is 50.2 Å². The third-order valence-electron chi connectivity index (χ3n) is 5.81. The van der Waals surface area contributed by atoms with Crippen LogP contribution in [0.4, 0.5) is 18.3 Å². The quantitative estimate of drug-likeness (QED) is 0.280. The number of aromatic nitrogens is 3. The van der Waals surface area contributed by atoms with E-state index >= 15 is 0 Å². The summed E-state index contributed by atoms with van der Waals surface area (Å²) >= 11 is 1.34. The number of alkyl halides is 3. The van der Waals surface area contributed by atoms with Crippen LogP contribution in [0.1, 0.15) is 43.5 Å². The summed E-state index contributed by atoms with van der Waals surface area (Å²) in [6.07, 6.45) is -1.29. The van der Waals surface area contributed by atoms with Crippen molar-refractivity contribution in [3.05, 3.63) is 71.4 Å². The van der Waals surface area contributed by atoms with Gasteiger partial charge in [-0.3, -0.25) is 9.40 Å². The monoisotopic (exact) mass is 548 g/mol. The first kappa shape index (κ1) is 25.3. The van der Waals surface area contributed by atoms with Gasteiger partial charge in [0, 0.05) is 41.4 Å². The molecule has 0 spiro atoms. The molecule has 0 bridgehead atoms. The number of hydrogen-bond acceptors (Lipinski definition) is 6. The average Bonchev–Trinajstić information content (AvgIpc) is 3.56. The van der Waals surface area contributed by atoms with Gasteiger partial charge in [-0.2, -0.15) is 18.3 Å². The summed E-state index contributed by atoms with van der Waals surface area (Å²) < 4.78 is 70.1. The van der Waals surface area contributed by atoms with Crippen LogP contribution < -0.4 is 14.2 Å². The molecular weight excluding hydrogens is 525 g/mol. The van der Waals surface area contributed by atoms with Gasteiger partial charge in [-0.15, -0.1) is 11.3 Å². The predicted molar refractivity (Wildman–Crippen MR) is 135 cm³/mol. The van der Waals surface area contributed by atoms with Crippen molar-refractivity contribution < 1.29 is 26.9 Å². The molecule has 2 atom stereocenters. The Morgan fingerprint density at radius 3 is 2.76 bits per heavy atom. The van der Waals surface area contributed by atoms with Gasteiger partial charge in [0.25, 0.3) is 0 Å². The topological polar surface area (TPSA) is 78.3 Å². The lowest BCUT2D eigenvalue weighted by Gasteiger charge is -2.28. The zero-order valence-electron chi connectivity index (χ0n) is 19.9. The lowest BCUT2D eigenvalue weighted by Crippen LogP contribution is -2.20. The number of hydrogen-bond donors (Lipinski definition) is 1. The minimum Gasteiger partial charge on any atom is -0.493 e. The summed E-state index contributed by atoms with van der Waals surface area (Å²) in [7, 11) is -1.54. The maximum atomic E-state index is 13.6. The maximum Gasteiger partial charge on any atom is 0.416 e. The Labute approximate surface area is 217 Å². The van der Waals surface area contributed by atoms with Crippen molar-refractivity contribution in [1.82, 2.24) is 14.8 Å². The van der Waals surface area contributed by atoms with E-state index in [2.05, 4.69) is 14.8 Å². The molecule has 2 aromatic carbocycles. The number of benzene rings is 2. The molecular formula is C25H23F3N4O3S2. The third-order valence-corrected chi connectivity index (χ3v) is 7.69. The normalized spacial score (nSPS) is 16.2. The number of halogens is 3. The second-order valence-electron chi connectivity index (χ2n) is 8.61. The highest BCUT2D eigenvalue weighted by molar-refractivity contribution is 7.86. The second-order valence-corrected chi connectivity index (χ2v) is 10.7. The van der Waals surface area contributed by atoms with Gasteiger partial charge in [0.1, 0.15) is 17.6 Å². The van der Waals surface area contributed by atoms with E-state index in [1.165, 1.54) is 17.4 Å². The molecule has 2 unspecified atom stereocenters. The van der Waals surface area contributed by atoms with Crippen molar-refractivity contribution in [3.8, 4) is 22.8 Å². The lowest BCUT2D eigenvalue weighted by atomic mass is 10.0. The summed E-state index contributed by atoms with van der Waals surface area (Å²) in [4.78, 5) is 4.59. The minimum atomic E-state index is -4.50. The smallest absolute Gasteiger partial charge is 0.416 e. The summed E-state index contributed by atoms with van der Waals surface area (Å²) in [5, 5.41) is 6.60. The van der Waals surface area contributed by atoms with Crippen LogP contribution in [0.5, 0.6) is 11.5 Å². The summed E-state index contributed by atoms with van der Waals surface area (Å²) in [6, 6.07) is 10.3. The first-order chi connectivity index (χ1) is 17.7. The first-order valence-corrected chi connectivity index (χ1v) is 13.5. The Balaban J connectivity index is 1.47. The Kier molecular flexibility index (Phi) is 6.95. The van der Waals surface area contributed by atoms with Crippen molar-refractivity contribution in [3.63, 3.8) is 0 Å². The van der Waals surface area contributed by atoms with Crippen molar-refractivity contribution in [2.24, 2.45) is 0 Å². The average molecular weight is 549 g/mol. The second kappa shape index (κ2) is 10.2. The fourth-order valence-corrected chi connectivity index (χ4v) is 5.62. The van der Waals surface area contributed by atoms with Gasteiger partial charge in [0.2, 0.25) is 0 Å². The van der Waals surface area contributed by atoms with E-state index in [0.717, 1.165) is 17.7 Å². The SMILES string of the molecule is CC(C)n1nccc1-c1cc(C(F)(F)F)ccc1OC1CCOc2cc(S(=O)Nc3nccs3)ccc21. The molecule has 0 aliphatic carbocycles. The zero-order valence-corrected chi connectivity index (χ0v) is 21.5. The predicted octanol–water partition coefficient (Wildman–Crippen LogP) is 6.64. The van der Waals surface area contributed by atoms with Crippen LogP contribution >= 0.6 is 11.3 Å².